The van der Waals surface area contributed by atoms with Crippen molar-refractivity contribution in [3.8, 4) is 0 Å². The fraction of sp³-hybridized carbons (Fsp3) is 0.348. The first kappa shape index (κ1) is 24.0. The largest absolute Gasteiger partial charge is 0.467 e. The second kappa shape index (κ2) is 11.8. The molecule has 2 rings (SSSR count). The third-order valence-electron chi connectivity index (χ3n) is 4.65. The minimum absolute atomic E-state index is 0.571. The number of methoxy groups -OCH3 is 3. The molecule has 2 aromatic carbocycles. The van der Waals surface area contributed by atoms with Crippen LogP contribution in [0, 0.1) is 0 Å². The minimum atomic E-state index is -1.24. The van der Waals surface area contributed by atoms with Gasteiger partial charge in [-0.3, -0.25) is 4.79 Å². The van der Waals surface area contributed by atoms with E-state index in [2.05, 4.69) is 5.32 Å². The molecule has 0 unspecified atom stereocenters. The van der Waals surface area contributed by atoms with Crippen LogP contribution in [0.25, 0.3) is 0 Å². The molecule has 166 valence electrons. The summed E-state index contributed by atoms with van der Waals surface area (Å²) in [5.74, 6) is -2.03. The number of benzene rings is 2. The van der Waals surface area contributed by atoms with Gasteiger partial charge in [-0.25, -0.2) is 9.59 Å². The summed E-state index contributed by atoms with van der Waals surface area (Å²) in [7, 11) is 3.95. The first-order valence-corrected chi connectivity index (χ1v) is 9.67. The molecule has 0 aliphatic carbocycles. The summed E-state index contributed by atoms with van der Waals surface area (Å²) in [6, 6.07) is 16.4. The standard InChI is InChI=1S/C23H27NO7/c1-15(31-23(27)20(29-3)17-13-9-6-10-14-17)18(22(26)30-4)24-21(25)19(28-2)16-11-7-5-8-12-16/h5-15,18-20H,1-4H3,(H,24,25)/t15-,18+,19-,20-/m1/s1. The lowest BCUT2D eigenvalue weighted by Gasteiger charge is -2.26. The molecule has 1 amide bonds. The average Bonchev–Trinajstić information content (AvgIpc) is 2.79. The number of amides is 1. The number of carbonyl (C=O) groups excluding carboxylic acids is 3. The highest BCUT2D eigenvalue weighted by Crippen LogP contribution is 2.20. The molecule has 8 heteroatoms. The highest BCUT2D eigenvalue weighted by atomic mass is 16.6. The van der Waals surface area contributed by atoms with Gasteiger partial charge in [0, 0.05) is 14.2 Å². The van der Waals surface area contributed by atoms with E-state index < -0.39 is 42.2 Å². The van der Waals surface area contributed by atoms with Gasteiger partial charge in [0.1, 0.15) is 6.10 Å². The number of nitrogens with one attached hydrogen (secondary N) is 1. The van der Waals surface area contributed by atoms with Crippen molar-refractivity contribution < 1.29 is 33.3 Å². The number of hydrogen-bond donors (Lipinski definition) is 1. The highest BCUT2D eigenvalue weighted by Gasteiger charge is 2.35. The molecule has 8 nitrogen and oxygen atoms in total. The van der Waals surface area contributed by atoms with Gasteiger partial charge in [0.2, 0.25) is 0 Å². The molecule has 0 spiro atoms. The monoisotopic (exact) mass is 429 g/mol. The van der Waals surface area contributed by atoms with Crippen LogP contribution in [0.1, 0.15) is 30.3 Å². The zero-order valence-corrected chi connectivity index (χ0v) is 17.9. The number of hydrogen-bond acceptors (Lipinski definition) is 7. The molecular weight excluding hydrogens is 402 g/mol. The Labute approximate surface area is 181 Å². The number of rotatable bonds is 10. The van der Waals surface area contributed by atoms with Gasteiger partial charge in [-0.15, -0.1) is 0 Å². The van der Waals surface area contributed by atoms with Crippen molar-refractivity contribution in [2.45, 2.75) is 31.3 Å². The van der Waals surface area contributed by atoms with E-state index in [-0.39, 0.29) is 0 Å². The van der Waals surface area contributed by atoms with Crippen molar-refractivity contribution >= 4 is 17.8 Å². The smallest absolute Gasteiger partial charge is 0.340 e. The van der Waals surface area contributed by atoms with Crippen LogP contribution in [-0.4, -0.2) is 51.3 Å². The SMILES string of the molecule is COC(=O)[C@@H](NC(=O)[C@H](OC)c1ccccc1)[C@@H](C)OC(=O)[C@H](OC)c1ccccc1. The third kappa shape index (κ3) is 6.37. The lowest BCUT2D eigenvalue weighted by Crippen LogP contribution is -2.51. The molecule has 31 heavy (non-hydrogen) atoms. The minimum Gasteiger partial charge on any atom is -0.467 e. The van der Waals surface area contributed by atoms with Crippen LogP contribution in [0.5, 0.6) is 0 Å². The van der Waals surface area contributed by atoms with Crippen molar-refractivity contribution in [2.24, 2.45) is 0 Å². The molecule has 4 atom stereocenters. The lowest BCUT2D eigenvalue weighted by molar-refractivity contribution is -0.166. The Morgan fingerprint density at radius 1 is 0.742 bits per heavy atom. The number of ether oxygens (including phenoxy) is 4. The van der Waals surface area contributed by atoms with Gasteiger partial charge in [-0.05, 0) is 18.1 Å². The van der Waals surface area contributed by atoms with Gasteiger partial charge in [-0.2, -0.15) is 0 Å². The zero-order chi connectivity index (χ0) is 22.8. The zero-order valence-electron chi connectivity index (χ0n) is 17.9. The molecule has 0 aliphatic rings. The fourth-order valence-corrected chi connectivity index (χ4v) is 3.06. The molecule has 0 radical (unpaired) electrons. The van der Waals surface area contributed by atoms with E-state index in [1.165, 1.54) is 28.3 Å². The molecule has 0 fully saturated rings. The van der Waals surface area contributed by atoms with Crippen molar-refractivity contribution in [3.05, 3.63) is 71.8 Å². The van der Waals surface area contributed by atoms with Crippen LogP contribution in [0.3, 0.4) is 0 Å². The second-order valence-electron chi connectivity index (χ2n) is 6.70. The van der Waals surface area contributed by atoms with E-state index in [9.17, 15) is 14.4 Å². The molecular formula is C23H27NO7. The van der Waals surface area contributed by atoms with Crippen LogP contribution in [-0.2, 0) is 33.3 Å². The van der Waals surface area contributed by atoms with Gasteiger partial charge in [0.25, 0.3) is 5.91 Å². The van der Waals surface area contributed by atoms with Crippen LogP contribution in [0.2, 0.25) is 0 Å². The van der Waals surface area contributed by atoms with Crippen LogP contribution in [0.4, 0.5) is 0 Å². The van der Waals surface area contributed by atoms with Crippen molar-refractivity contribution in [1.82, 2.24) is 5.32 Å². The predicted octanol–water partition coefficient (Wildman–Crippen LogP) is 2.35. The highest BCUT2D eigenvalue weighted by molar-refractivity contribution is 5.88. The molecule has 2 aromatic rings. The van der Waals surface area contributed by atoms with Crippen molar-refractivity contribution in [2.75, 3.05) is 21.3 Å². The average molecular weight is 429 g/mol. The summed E-state index contributed by atoms with van der Waals surface area (Å²) in [6.07, 6.45) is -2.96. The summed E-state index contributed by atoms with van der Waals surface area (Å²) in [5.41, 5.74) is 1.21. The van der Waals surface area contributed by atoms with Gasteiger partial charge in [-0.1, -0.05) is 60.7 Å². The van der Waals surface area contributed by atoms with Crippen molar-refractivity contribution in [1.29, 1.82) is 0 Å². The molecule has 1 N–H and O–H groups in total. The lowest BCUT2D eigenvalue weighted by atomic mass is 10.1. The van der Waals surface area contributed by atoms with E-state index in [0.717, 1.165) is 0 Å². The van der Waals surface area contributed by atoms with Gasteiger partial charge in [0.05, 0.1) is 7.11 Å². The maximum Gasteiger partial charge on any atom is 0.340 e. The normalized spacial score (nSPS) is 14.6. The van der Waals surface area contributed by atoms with E-state index in [0.29, 0.717) is 11.1 Å². The molecule has 0 saturated heterocycles. The topological polar surface area (TPSA) is 100 Å². The van der Waals surface area contributed by atoms with Crippen LogP contribution < -0.4 is 5.32 Å². The quantitative estimate of drug-likeness (QED) is 0.579. The van der Waals surface area contributed by atoms with E-state index in [1.807, 2.05) is 12.1 Å². The first-order valence-electron chi connectivity index (χ1n) is 9.67. The Bertz CT molecular complexity index is 857. The molecule has 0 bridgehead atoms. The Kier molecular flexibility index (Phi) is 9.17. The molecule has 0 aliphatic heterocycles. The van der Waals surface area contributed by atoms with E-state index in [1.54, 1.807) is 48.5 Å². The Hall–Kier alpha value is -3.23. The summed E-state index contributed by atoms with van der Waals surface area (Å²) in [4.78, 5) is 37.8. The van der Waals surface area contributed by atoms with E-state index >= 15 is 0 Å². The summed E-state index contributed by atoms with van der Waals surface area (Å²) in [6.45, 7) is 1.49. The van der Waals surface area contributed by atoms with Gasteiger partial charge in [0.15, 0.2) is 18.2 Å². The van der Waals surface area contributed by atoms with Crippen LogP contribution in [0.15, 0.2) is 60.7 Å². The fourth-order valence-electron chi connectivity index (χ4n) is 3.06. The van der Waals surface area contributed by atoms with Crippen LogP contribution >= 0.6 is 0 Å². The molecule has 0 heterocycles. The maximum atomic E-state index is 12.8. The number of esters is 2. The summed E-state index contributed by atoms with van der Waals surface area (Å²) < 4.78 is 20.8. The van der Waals surface area contributed by atoms with Gasteiger partial charge >= 0.3 is 11.9 Å². The maximum absolute atomic E-state index is 12.8. The predicted molar refractivity (Wildman–Crippen MR) is 112 cm³/mol. The Morgan fingerprint density at radius 2 is 1.23 bits per heavy atom. The van der Waals surface area contributed by atoms with Crippen molar-refractivity contribution in [3.63, 3.8) is 0 Å². The second-order valence-corrected chi connectivity index (χ2v) is 6.70. The summed E-state index contributed by atoms with van der Waals surface area (Å²) in [5, 5.41) is 2.56. The summed E-state index contributed by atoms with van der Waals surface area (Å²) >= 11 is 0. The molecule has 0 aromatic heterocycles. The van der Waals surface area contributed by atoms with Gasteiger partial charge < -0.3 is 24.3 Å². The number of carbonyl (C=O) groups is 3. The molecule has 0 saturated carbocycles. The van der Waals surface area contributed by atoms with E-state index in [4.69, 9.17) is 18.9 Å². The third-order valence-corrected chi connectivity index (χ3v) is 4.65. The Morgan fingerprint density at radius 3 is 1.68 bits per heavy atom. The Balaban J connectivity index is 2.14. The first-order chi connectivity index (χ1) is 14.9.